The fourth-order valence-corrected chi connectivity index (χ4v) is 6.65. The number of methoxy groups -OCH3 is 1. The number of carbonyl (C=O) groups is 2. The first-order valence-corrected chi connectivity index (χ1v) is 15.1. The lowest BCUT2D eigenvalue weighted by Crippen LogP contribution is -2.38. The van der Waals surface area contributed by atoms with Gasteiger partial charge in [0.25, 0.3) is 0 Å². The molecule has 224 valence electrons. The number of aryl methyl sites for hydroxylation is 2. The molecule has 11 heteroatoms. The fraction of sp³-hybridized carbons (Fsp3) is 0.516. The standard InChI is InChI=1S/C31H39N5O5S/c1-18-19(2)42-30-27(18)28(32-24(16-25(37)39-7)29-34-33-20(3)36(29)30)21-8-10-22(11-9-21)35-14-12-23(13-15-35)40-17-26(38)41-31(4,5)6/h8-11,23-24H,12-17H2,1-7H3/t24-/m0/s1. The van der Waals surface area contributed by atoms with Crippen molar-refractivity contribution in [3.63, 3.8) is 0 Å². The molecule has 1 fully saturated rings. The second kappa shape index (κ2) is 12.0. The van der Waals surface area contributed by atoms with E-state index in [1.807, 2.05) is 32.3 Å². The third-order valence-electron chi connectivity index (χ3n) is 7.63. The maximum atomic E-state index is 12.4. The van der Waals surface area contributed by atoms with Crippen LogP contribution in [0, 0.1) is 20.8 Å². The zero-order valence-corrected chi connectivity index (χ0v) is 26.2. The fourth-order valence-electron chi connectivity index (χ4n) is 5.43. The van der Waals surface area contributed by atoms with E-state index in [1.165, 1.54) is 12.0 Å². The second-order valence-electron chi connectivity index (χ2n) is 11.8. The molecule has 1 saturated heterocycles. The van der Waals surface area contributed by atoms with Crippen molar-refractivity contribution in [2.24, 2.45) is 4.99 Å². The molecule has 0 radical (unpaired) electrons. The molecule has 10 nitrogen and oxygen atoms in total. The van der Waals surface area contributed by atoms with E-state index in [4.69, 9.17) is 19.2 Å². The van der Waals surface area contributed by atoms with Crippen molar-refractivity contribution in [2.45, 2.75) is 78.6 Å². The molecule has 0 saturated carbocycles. The van der Waals surface area contributed by atoms with Crippen molar-refractivity contribution in [3.05, 3.63) is 57.5 Å². The van der Waals surface area contributed by atoms with Gasteiger partial charge in [0.1, 0.15) is 29.1 Å². The first-order chi connectivity index (χ1) is 19.9. The van der Waals surface area contributed by atoms with E-state index >= 15 is 0 Å². The summed E-state index contributed by atoms with van der Waals surface area (Å²) in [5.41, 5.74) is 4.63. The van der Waals surface area contributed by atoms with Crippen LogP contribution >= 0.6 is 11.3 Å². The van der Waals surface area contributed by atoms with Gasteiger partial charge < -0.3 is 19.1 Å². The second-order valence-corrected chi connectivity index (χ2v) is 13.0. The Bertz CT molecular complexity index is 1490. The lowest BCUT2D eigenvalue weighted by Gasteiger charge is -2.33. The van der Waals surface area contributed by atoms with Crippen molar-refractivity contribution in [1.82, 2.24) is 14.8 Å². The monoisotopic (exact) mass is 593 g/mol. The zero-order chi connectivity index (χ0) is 30.2. The number of piperidine rings is 1. The predicted molar refractivity (Wildman–Crippen MR) is 162 cm³/mol. The summed E-state index contributed by atoms with van der Waals surface area (Å²) in [5.74, 6) is 0.726. The minimum Gasteiger partial charge on any atom is -0.469 e. The van der Waals surface area contributed by atoms with Crippen LogP contribution in [0.15, 0.2) is 29.3 Å². The van der Waals surface area contributed by atoms with Crippen LogP contribution in [0.2, 0.25) is 0 Å². The summed E-state index contributed by atoms with van der Waals surface area (Å²) in [6.45, 7) is 13.4. The summed E-state index contributed by atoms with van der Waals surface area (Å²) in [6, 6.07) is 7.93. The molecule has 2 aromatic heterocycles. The summed E-state index contributed by atoms with van der Waals surface area (Å²) in [4.78, 5) is 33.1. The molecule has 1 atom stereocenters. The molecular formula is C31H39N5O5S. The van der Waals surface area contributed by atoms with E-state index in [1.54, 1.807) is 11.3 Å². The molecule has 0 bridgehead atoms. The number of carbonyl (C=O) groups excluding carboxylic acids is 2. The van der Waals surface area contributed by atoms with Gasteiger partial charge in [0.15, 0.2) is 5.82 Å². The van der Waals surface area contributed by atoms with E-state index in [0.717, 1.165) is 64.8 Å². The minimum absolute atomic E-state index is 0.0194. The van der Waals surface area contributed by atoms with Gasteiger partial charge in [0.2, 0.25) is 0 Å². The van der Waals surface area contributed by atoms with Gasteiger partial charge in [-0.15, -0.1) is 21.5 Å². The number of benzene rings is 1. The molecule has 2 aliphatic heterocycles. The molecule has 2 aliphatic rings. The molecule has 0 N–H and O–H groups in total. The Kier molecular flexibility index (Phi) is 8.52. The van der Waals surface area contributed by atoms with Gasteiger partial charge in [-0.2, -0.15) is 0 Å². The van der Waals surface area contributed by atoms with Gasteiger partial charge in [0, 0.05) is 34.8 Å². The van der Waals surface area contributed by atoms with E-state index < -0.39 is 11.6 Å². The van der Waals surface area contributed by atoms with Crippen LogP contribution in [-0.4, -0.2) is 70.9 Å². The molecular weight excluding hydrogens is 554 g/mol. The number of thiophene rings is 1. The molecule has 1 aromatic carbocycles. The van der Waals surface area contributed by atoms with E-state index in [0.29, 0.717) is 5.82 Å². The summed E-state index contributed by atoms with van der Waals surface area (Å²) in [7, 11) is 1.39. The molecule has 3 aromatic rings. The number of esters is 2. The van der Waals surface area contributed by atoms with Crippen LogP contribution in [0.1, 0.15) is 79.3 Å². The van der Waals surface area contributed by atoms with Crippen LogP contribution in [0.3, 0.4) is 0 Å². The number of aromatic nitrogens is 3. The molecule has 42 heavy (non-hydrogen) atoms. The summed E-state index contributed by atoms with van der Waals surface area (Å²) < 4.78 is 18.2. The topological polar surface area (TPSA) is 108 Å². The quantitative estimate of drug-likeness (QED) is 0.351. The first kappa shape index (κ1) is 29.9. The number of anilines is 1. The largest absolute Gasteiger partial charge is 0.469 e. The number of hydrogen-bond acceptors (Lipinski definition) is 10. The average Bonchev–Trinajstić information content (AvgIpc) is 3.43. The number of fused-ring (bicyclic) bond motifs is 3. The maximum Gasteiger partial charge on any atom is 0.332 e. The number of hydrogen-bond donors (Lipinski definition) is 0. The summed E-state index contributed by atoms with van der Waals surface area (Å²) in [5, 5.41) is 9.77. The highest BCUT2D eigenvalue weighted by Crippen LogP contribution is 2.39. The van der Waals surface area contributed by atoms with Crippen molar-refractivity contribution < 1.29 is 23.8 Å². The number of nitrogens with zero attached hydrogens (tertiary/aromatic N) is 5. The van der Waals surface area contributed by atoms with Crippen LogP contribution < -0.4 is 4.90 Å². The molecule has 5 rings (SSSR count). The number of aliphatic imine (C=N–C) groups is 1. The molecule has 0 aliphatic carbocycles. The van der Waals surface area contributed by atoms with Crippen molar-refractivity contribution in [1.29, 1.82) is 0 Å². The number of rotatable bonds is 7. The van der Waals surface area contributed by atoms with E-state index in [9.17, 15) is 9.59 Å². The highest BCUT2D eigenvalue weighted by molar-refractivity contribution is 7.15. The van der Waals surface area contributed by atoms with Gasteiger partial charge in [-0.05, 0) is 72.1 Å². The van der Waals surface area contributed by atoms with Crippen LogP contribution in [0.25, 0.3) is 5.00 Å². The highest BCUT2D eigenvalue weighted by Gasteiger charge is 2.33. The van der Waals surface area contributed by atoms with E-state index in [2.05, 4.69) is 53.2 Å². The van der Waals surface area contributed by atoms with Gasteiger partial charge >= 0.3 is 11.9 Å². The van der Waals surface area contributed by atoms with Gasteiger partial charge in [0.05, 0.1) is 25.3 Å². The third-order valence-corrected chi connectivity index (χ3v) is 8.82. The Morgan fingerprint density at radius 2 is 1.71 bits per heavy atom. The van der Waals surface area contributed by atoms with Crippen molar-refractivity contribution in [3.8, 4) is 5.00 Å². The highest BCUT2D eigenvalue weighted by atomic mass is 32.1. The van der Waals surface area contributed by atoms with Gasteiger partial charge in [-0.1, -0.05) is 12.1 Å². The average molecular weight is 594 g/mol. The molecule has 0 amide bonds. The normalized spacial score (nSPS) is 17.3. The maximum absolute atomic E-state index is 12.4. The van der Waals surface area contributed by atoms with Crippen molar-refractivity contribution in [2.75, 3.05) is 31.7 Å². The molecule has 0 spiro atoms. The van der Waals surface area contributed by atoms with E-state index in [-0.39, 0.29) is 31.1 Å². The van der Waals surface area contributed by atoms with Crippen LogP contribution in [0.5, 0.6) is 0 Å². The Balaban J connectivity index is 1.35. The summed E-state index contributed by atoms with van der Waals surface area (Å²) >= 11 is 1.69. The van der Waals surface area contributed by atoms with Crippen molar-refractivity contribution >= 4 is 34.7 Å². The Hall–Kier alpha value is -3.57. The molecule has 0 unspecified atom stereocenters. The molecule has 4 heterocycles. The predicted octanol–water partition coefficient (Wildman–Crippen LogP) is 5.04. The van der Waals surface area contributed by atoms with Crippen LogP contribution in [0.4, 0.5) is 5.69 Å². The van der Waals surface area contributed by atoms with Gasteiger partial charge in [-0.25, -0.2) is 4.79 Å². The Morgan fingerprint density at radius 3 is 2.36 bits per heavy atom. The third kappa shape index (κ3) is 6.27. The Morgan fingerprint density at radius 1 is 1.02 bits per heavy atom. The lowest BCUT2D eigenvalue weighted by atomic mass is 9.99. The number of ether oxygens (including phenoxy) is 3. The SMILES string of the molecule is COC(=O)C[C@@H]1N=C(c2ccc(N3CCC(OCC(=O)OC(C)(C)C)CC3)cc2)c2c(sc(C)c2C)-n2c(C)nnc21. The minimum atomic E-state index is -0.521. The smallest absolute Gasteiger partial charge is 0.332 e. The zero-order valence-electron chi connectivity index (χ0n) is 25.4. The Labute approximate surface area is 250 Å². The summed E-state index contributed by atoms with van der Waals surface area (Å²) in [6.07, 6.45) is 1.78. The van der Waals surface area contributed by atoms with Crippen LogP contribution in [-0.2, 0) is 23.8 Å². The van der Waals surface area contributed by atoms with Gasteiger partial charge in [-0.3, -0.25) is 14.4 Å². The lowest BCUT2D eigenvalue weighted by molar-refractivity contribution is -0.162. The first-order valence-electron chi connectivity index (χ1n) is 14.3.